The predicted molar refractivity (Wildman–Crippen MR) is 97.2 cm³/mol. The van der Waals surface area contributed by atoms with Crippen LogP contribution >= 0.6 is 0 Å². The van der Waals surface area contributed by atoms with Crippen molar-refractivity contribution < 1.29 is 0 Å². The quantitative estimate of drug-likeness (QED) is 0.787. The van der Waals surface area contributed by atoms with E-state index in [9.17, 15) is 0 Å². The van der Waals surface area contributed by atoms with Gasteiger partial charge in [0, 0.05) is 31.9 Å². The first-order chi connectivity index (χ1) is 12.3. The summed E-state index contributed by atoms with van der Waals surface area (Å²) in [6.45, 7) is 2.91. The first-order valence-electron chi connectivity index (χ1n) is 8.80. The lowest BCUT2D eigenvalue weighted by Gasteiger charge is -2.27. The van der Waals surface area contributed by atoms with Gasteiger partial charge >= 0.3 is 0 Å². The molecule has 3 aromatic heterocycles. The second kappa shape index (κ2) is 7.14. The van der Waals surface area contributed by atoms with E-state index in [-0.39, 0.29) is 0 Å². The van der Waals surface area contributed by atoms with E-state index < -0.39 is 0 Å². The first-order valence-corrected chi connectivity index (χ1v) is 8.80. The van der Waals surface area contributed by atoms with Gasteiger partial charge in [0.1, 0.15) is 12.1 Å². The van der Waals surface area contributed by atoms with Crippen LogP contribution < -0.4 is 4.90 Å². The highest BCUT2D eigenvalue weighted by Crippen LogP contribution is 2.25. The molecule has 3 aromatic rings. The molecule has 130 valence electrons. The molecule has 4 rings (SSSR count). The number of nitrogens with zero attached hydrogens (tertiary/aromatic N) is 6. The van der Waals surface area contributed by atoms with E-state index >= 15 is 0 Å². The normalized spacial score (nSPS) is 18.6. The Labute approximate surface area is 147 Å². The summed E-state index contributed by atoms with van der Waals surface area (Å²) in [7, 11) is 2.20. The maximum atomic E-state index is 4.51. The number of hydrogen-bond donors (Lipinski definition) is 1. The van der Waals surface area contributed by atoms with Crippen molar-refractivity contribution in [1.29, 1.82) is 0 Å². The minimum Gasteiger partial charge on any atom is -0.356 e. The van der Waals surface area contributed by atoms with Crippen LogP contribution in [0.5, 0.6) is 0 Å². The van der Waals surface area contributed by atoms with Gasteiger partial charge in [-0.25, -0.2) is 9.97 Å². The Bertz CT molecular complexity index is 816. The lowest BCUT2D eigenvalue weighted by atomic mass is 10.1. The lowest BCUT2D eigenvalue weighted by molar-refractivity contribution is 0.215. The van der Waals surface area contributed by atoms with Crippen molar-refractivity contribution in [3.05, 3.63) is 42.6 Å². The Kier molecular flexibility index (Phi) is 4.56. The Morgan fingerprint density at radius 1 is 1.20 bits per heavy atom. The average Bonchev–Trinajstić information content (AvgIpc) is 2.99. The third-order valence-electron chi connectivity index (χ3n) is 4.99. The second-order valence-electron chi connectivity index (χ2n) is 6.64. The number of H-pyrrole nitrogens is 1. The van der Waals surface area contributed by atoms with Crippen LogP contribution in [0.2, 0.25) is 0 Å². The summed E-state index contributed by atoms with van der Waals surface area (Å²) in [5.74, 6) is 0.992. The number of anilines is 1. The minimum absolute atomic E-state index is 0.564. The van der Waals surface area contributed by atoms with Gasteiger partial charge in [-0.3, -0.25) is 15.0 Å². The molecule has 7 heteroatoms. The number of fused-ring (bicyclic) bond motifs is 1. The molecule has 0 aromatic carbocycles. The highest BCUT2D eigenvalue weighted by molar-refractivity contribution is 5.86. The largest absolute Gasteiger partial charge is 0.356 e. The molecule has 1 N–H and O–H groups in total. The number of hydrogen-bond acceptors (Lipinski definition) is 6. The molecule has 1 atom stereocenters. The fourth-order valence-corrected chi connectivity index (χ4v) is 3.61. The van der Waals surface area contributed by atoms with Crippen LogP contribution in [0.25, 0.3) is 11.0 Å². The highest BCUT2D eigenvalue weighted by Gasteiger charge is 2.22. The standard InChI is InChI=1S/C18H23N7/c1-24(12-14-5-2-3-8-19-14)15-6-4-9-25(10-7-15)18-16-11-22-23-17(16)20-13-21-18/h2-3,5,8,11,13,15H,4,6-7,9-10,12H2,1H3,(H,20,21,22,23)/t15-/m1/s1. The van der Waals surface area contributed by atoms with E-state index in [0.717, 1.165) is 55.0 Å². The molecule has 0 spiro atoms. The molecule has 0 bridgehead atoms. The molecule has 7 nitrogen and oxygen atoms in total. The fourth-order valence-electron chi connectivity index (χ4n) is 3.61. The van der Waals surface area contributed by atoms with Crippen molar-refractivity contribution in [1.82, 2.24) is 30.0 Å². The van der Waals surface area contributed by atoms with Crippen LogP contribution in [0.15, 0.2) is 36.9 Å². The molecule has 4 heterocycles. The summed E-state index contributed by atoms with van der Waals surface area (Å²) >= 11 is 0. The molecule has 0 radical (unpaired) electrons. The monoisotopic (exact) mass is 337 g/mol. The summed E-state index contributed by atoms with van der Waals surface area (Å²) in [4.78, 5) is 18.0. The first kappa shape index (κ1) is 16.0. The number of nitrogens with one attached hydrogen (secondary N) is 1. The average molecular weight is 337 g/mol. The third-order valence-corrected chi connectivity index (χ3v) is 4.99. The molecule has 0 saturated carbocycles. The van der Waals surface area contributed by atoms with Crippen LogP contribution in [-0.4, -0.2) is 56.2 Å². The molecule has 1 aliphatic rings. The zero-order valence-electron chi connectivity index (χ0n) is 14.5. The number of aromatic amines is 1. The molecular weight excluding hydrogens is 314 g/mol. The van der Waals surface area contributed by atoms with Gasteiger partial charge in [0.2, 0.25) is 0 Å². The van der Waals surface area contributed by atoms with Crippen LogP contribution in [0, 0.1) is 0 Å². The van der Waals surface area contributed by atoms with Crippen LogP contribution in [0.1, 0.15) is 25.0 Å². The molecule has 0 unspecified atom stereocenters. The second-order valence-corrected chi connectivity index (χ2v) is 6.64. The molecule has 0 amide bonds. The van der Waals surface area contributed by atoms with Gasteiger partial charge in [0.15, 0.2) is 5.65 Å². The Morgan fingerprint density at radius 2 is 2.16 bits per heavy atom. The van der Waals surface area contributed by atoms with Crippen molar-refractivity contribution in [3.63, 3.8) is 0 Å². The van der Waals surface area contributed by atoms with Gasteiger partial charge < -0.3 is 4.90 Å². The summed E-state index contributed by atoms with van der Waals surface area (Å²) in [5.41, 5.74) is 1.93. The molecular formula is C18H23N7. The van der Waals surface area contributed by atoms with Gasteiger partial charge in [-0.2, -0.15) is 5.10 Å². The summed E-state index contributed by atoms with van der Waals surface area (Å²) < 4.78 is 0. The van der Waals surface area contributed by atoms with Crippen molar-refractivity contribution >= 4 is 16.9 Å². The summed E-state index contributed by atoms with van der Waals surface area (Å²) in [6.07, 6.45) is 8.77. The Hall–Kier alpha value is -2.54. The topological polar surface area (TPSA) is 73.8 Å². The van der Waals surface area contributed by atoms with E-state index in [4.69, 9.17) is 0 Å². The predicted octanol–water partition coefficient (Wildman–Crippen LogP) is 2.24. The number of rotatable bonds is 4. The molecule has 25 heavy (non-hydrogen) atoms. The van der Waals surface area contributed by atoms with E-state index in [1.165, 1.54) is 6.42 Å². The molecule has 1 saturated heterocycles. The third kappa shape index (κ3) is 3.46. The van der Waals surface area contributed by atoms with Crippen LogP contribution in [-0.2, 0) is 6.54 Å². The molecule has 0 aliphatic carbocycles. The Morgan fingerprint density at radius 3 is 3.04 bits per heavy atom. The maximum absolute atomic E-state index is 4.51. The lowest BCUT2D eigenvalue weighted by Crippen LogP contribution is -2.33. The zero-order chi connectivity index (χ0) is 17.1. The van der Waals surface area contributed by atoms with Crippen molar-refractivity contribution in [2.24, 2.45) is 0 Å². The van der Waals surface area contributed by atoms with Crippen molar-refractivity contribution in [2.45, 2.75) is 31.8 Å². The van der Waals surface area contributed by atoms with Gasteiger partial charge in [-0.05, 0) is 38.4 Å². The smallest absolute Gasteiger partial charge is 0.160 e. The van der Waals surface area contributed by atoms with Crippen LogP contribution in [0.3, 0.4) is 0 Å². The molecule has 1 aliphatic heterocycles. The van der Waals surface area contributed by atoms with Crippen molar-refractivity contribution in [3.8, 4) is 0 Å². The van der Waals surface area contributed by atoms with Crippen molar-refractivity contribution in [2.75, 3.05) is 25.0 Å². The van der Waals surface area contributed by atoms with E-state index in [1.807, 2.05) is 18.5 Å². The zero-order valence-corrected chi connectivity index (χ0v) is 14.5. The van der Waals surface area contributed by atoms with E-state index in [0.29, 0.717) is 6.04 Å². The van der Waals surface area contributed by atoms with Gasteiger partial charge in [0.25, 0.3) is 0 Å². The number of pyridine rings is 1. The minimum atomic E-state index is 0.564. The van der Waals surface area contributed by atoms with Crippen LogP contribution in [0.4, 0.5) is 5.82 Å². The van der Waals surface area contributed by atoms with Gasteiger partial charge in [-0.1, -0.05) is 6.07 Å². The SMILES string of the molecule is CN(Cc1ccccn1)[C@@H]1CCCN(c2ncnc3[nH]ncc23)CC1. The maximum Gasteiger partial charge on any atom is 0.160 e. The van der Waals surface area contributed by atoms with E-state index in [1.54, 1.807) is 6.33 Å². The van der Waals surface area contributed by atoms with Gasteiger partial charge in [-0.15, -0.1) is 0 Å². The number of aromatic nitrogens is 5. The van der Waals surface area contributed by atoms with E-state index in [2.05, 4.69) is 54.1 Å². The Balaban J connectivity index is 1.44. The summed E-state index contributed by atoms with van der Waals surface area (Å²) in [5, 5.41) is 8.03. The van der Waals surface area contributed by atoms with Gasteiger partial charge in [0.05, 0.1) is 17.3 Å². The molecule has 1 fully saturated rings. The highest BCUT2D eigenvalue weighted by atomic mass is 15.2. The summed E-state index contributed by atoms with van der Waals surface area (Å²) in [6, 6.07) is 6.67. The fraction of sp³-hybridized carbons (Fsp3) is 0.444.